The van der Waals surface area contributed by atoms with Crippen LogP contribution in [0.25, 0.3) is 10.9 Å². The second-order valence-electron chi connectivity index (χ2n) is 5.62. The summed E-state index contributed by atoms with van der Waals surface area (Å²) in [6.07, 6.45) is 1.09. The number of nitrogens with zero attached hydrogens (tertiary/aromatic N) is 1. The first kappa shape index (κ1) is 11.8. The van der Waals surface area contributed by atoms with Gasteiger partial charge in [-0.05, 0) is 32.0 Å². The average Bonchev–Trinajstić information content (AvgIpc) is 2.63. The van der Waals surface area contributed by atoms with Crippen LogP contribution in [-0.2, 0) is 0 Å². The Labute approximate surface area is 108 Å². The molecule has 2 heterocycles. The van der Waals surface area contributed by atoms with E-state index in [2.05, 4.69) is 48.1 Å². The molecule has 2 unspecified atom stereocenters. The van der Waals surface area contributed by atoms with E-state index in [1.165, 1.54) is 22.2 Å². The number of nitrogens with one attached hydrogen (secondary N) is 1. The highest BCUT2D eigenvalue weighted by Gasteiger charge is 2.27. The number of hydrogen-bond acceptors (Lipinski definition) is 2. The number of fused-ring (bicyclic) bond motifs is 1. The first-order chi connectivity index (χ1) is 8.65. The van der Waals surface area contributed by atoms with Gasteiger partial charge in [0, 0.05) is 41.6 Å². The van der Waals surface area contributed by atoms with Crippen molar-refractivity contribution in [2.24, 2.45) is 5.73 Å². The Morgan fingerprint density at radius 2 is 2.06 bits per heavy atom. The van der Waals surface area contributed by atoms with Crippen LogP contribution in [0.3, 0.4) is 0 Å². The normalized spacial score (nSPS) is 25.7. The molecule has 1 aliphatic rings. The second-order valence-corrected chi connectivity index (χ2v) is 5.62. The zero-order valence-corrected chi connectivity index (χ0v) is 11.1. The molecule has 2 aromatic rings. The van der Waals surface area contributed by atoms with E-state index < -0.39 is 0 Å². The van der Waals surface area contributed by atoms with E-state index in [0.717, 1.165) is 19.5 Å². The van der Waals surface area contributed by atoms with Gasteiger partial charge in [0.2, 0.25) is 0 Å². The molecule has 3 N–H and O–H groups in total. The summed E-state index contributed by atoms with van der Waals surface area (Å²) in [5.41, 5.74) is 10.2. The molecule has 3 nitrogen and oxygen atoms in total. The molecule has 1 aromatic carbocycles. The smallest absolute Gasteiger partial charge is 0.0458 e. The molecule has 1 aromatic heterocycles. The molecule has 18 heavy (non-hydrogen) atoms. The summed E-state index contributed by atoms with van der Waals surface area (Å²) < 4.78 is 0. The molecule has 0 radical (unpaired) electrons. The first-order valence-corrected chi connectivity index (χ1v) is 6.66. The van der Waals surface area contributed by atoms with E-state index in [9.17, 15) is 0 Å². The molecule has 0 saturated carbocycles. The van der Waals surface area contributed by atoms with Gasteiger partial charge in [0.05, 0.1) is 0 Å². The van der Waals surface area contributed by atoms with Gasteiger partial charge in [-0.15, -0.1) is 0 Å². The molecule has 3 heteroatoms. The maximum atomic E-state index is 6.16. The highest BCUT2D eigenvalue weighted by molar-refractivity contribution is 5.85. The summed E-state index contributed by atoms with van der Waals surface area (Å²) in [7, 11) is 2.16. The maximum absolute atomic E-state index is 6.16. The van der Waals surface area contributed by atoms with Crippen molar-refractivity contribution in [2.45, 2.75) is 25.3 Å². The lowest BCUT2D eigenvalue weighted by Crippen LogP contribution is -2.44. The Kier molecular flexibility index (Phi) is 2.88. The minimum atomic E-state index is 0.293. The lowest BCUT2D eigenvalue weighted by molar-refractivity contribution is 0.227. The van der Waals surface area contributed by atoms with Crippen LogP contribution in [0.1, 0.15) is 23.6 Å². The van der Waals surface area contributed by atoms with Crippen molar-refractivity contribution in [1.29, 1.82) is 0 Å². The number of aromatic nitrogens is 1. The average molecular weight is 243 g/mol. The van der Waals surface area contributed by atoms with E-state index in [4.69, 9.17) is 5.73 Å². The van der Waals surface area contributed by atoms with Crippen molar-refractivity contribution in [2.75, 3.05) is 20.1 Å². The minimum absolute atomic E-state index is 0.293. The summed E-state index contributed by atoms with van der Waals surface area (Å²) in [6.45, 7) is 4.30. The number of nitrogens with two attached hydrogens (primary N) is 1. The monoisotopic (exact) mass is 243 g/mol. The fourth-order valence-electron chi connectivity index (χ4n) is 3.40. The molecule has 96 valence electrons. The van der Waals surface area contributed by atoms with Crippen LogP contribution in [0, 0.1) is 6.92 Å². The number of rotatable bonds is 1. The molecule has 1 fully saturated rings. The summed E-state index contributed by atoms with van der Waals surface area (Å²) >= 11 is 0. The van der Waals surface area contributed by atoms with Crippen molar-refractivity contribution in [3.63, 3.8) is 0 Å². The molecule has 0 spiro atoms. The summed E-state index contributed by atoms with van der Waals surface area (Å²) in [4.78, 5) is 5.84. The molecule has 1 aliphatic heterocycles. The Morgan fingerprint density at radius 3 is 2.83 bits per heavy atom. The Balaban J connectivity index is 2.05. The lowest BCUT2D eigenvalue weighted by atomic mass is 9.87. The number of aromatic amines is 1. The number of piperidine rings is 1. The Bertz CT molecular complexity index is 548. The molecule has 3 rings (SSSR count). The molecule has 0 amide bonds. The minimum Gasteiger partial charge on any atom is -0.358 e. The maximum Gasteiger partial charge on any atom is 0.0458 e. The first-order valence-electron chi connectivity index (χ1n) is 6.66. The van der Waals surface area contributed by atoms with E-state index in [-0.39, 0.29) is 0 Å². The Morgan fingerprint density at radius 1 is 1.28 bits per heavy atom. The third-order valence-electron chi connectivity index (χ3n) is 4.02. The topological polar surface area (TPSA) is 45.1 Å². The largest absolute Gasteiger partial charge is 0.358 e. The van der Waals surface area contributed by atoms with Gasteiger partial charge in [0.15, 0.2) is 0 Å². The van der Waals surface area contributed by atoms with Crippen molar-refractivity contribution < 1.29 is 0 Å². The van der Waals surface area contributed by atoms with Gasteiger partial charge in [-0.3, -0.25) is 0 Å². The zero-order valence-electron chi connectivity index (χ0n) is 11.1. The van der Waals surface area contributed by atoms with Gasteiger partial charge in [0.1, 0.15) is 0 Å². The van der Waals surface area contributed by atoms with Crippen LogP contribution in [-0.4, -0.2) is 36.1 Å². The number of benzene rings is 1. The third kappa shape index (κ3) is 1.93. The lowest BCUT2D eigenvalue weighted by Gasteiger charge is -2.34. The predicted octanol–water partition coefficient (Wildman–Crippen LogP) is 2.22. The van der Waals surface area contributed by atoms with Crippen LogP contribution in [0.4, 0.5) is 0 Å². The highest BCUT2D eigenvalue weighted by Crippen LogP contribution is 2.33. The third-order valence-corrected chi connectivity index (χ3v) is 4.02. The molecule has 1 saturated heterocycles. The molecule has 0 aliphatic carbocycles. The van der Waals surface area contributed by atoms with Gasteiger partial charge in [-0.1, -0.05) is 18.2 Å². The zero-order chi connectivity index (χ0) is 12.7. The standard InChI is InChI=1S/C15H21N3/c1-10-15(11-7-12(16)9-18(2)8-11)13-5-3-4-6-14(13)17-10/h3-6,11-12,17H,7-9,16H2,1-2H3. The predicted molar refractivity (Wildman–Crippen MR) is 75.9 cm³/mol. The van der Waals surface area contributed by atoms with Crippen LogP contribution in [0.5, 0.6) is 0 Å². The van der Waals surface area contributed by atoms with Gasteiger partial charge in [-0.25, -0.2) is 0 Å². The quantitative estimate of drug-likeness (QED) is 0.806. The second kappa shape index (κ2) is 4.41. The van der Waals surface area contributed by atoms with Crippen LogP contribution >= 0.6 is 0 Å². The fourth-order valence-corrected chi connectivity index (χ4v) is 3.40. The van der Waals surface area contributed by atoms with E-state index in [1.807, 2.05) is 0 Å². The number of hydrogen-bond donors (Lipinski definition) is 2. The summed E-state index contributed by atoms with van der Waals surface area (Å²) in [5.74, 6) is 0.551. The van der Waals surface area contributed by atoms with Crippen LogP contribution in [0.15, 0.2) is 24.3 Å². The molecular formula is C15H21N3. The molecule has 2 atom stereocenters. The van der Waals surface area contributed by atoms with Crippen molar-refractivity contribution in [1.82, 2.24) is 9.88 Å². The van der Waals surface area contributed by atoms with Gasteiger partial charge < -0.3 is 15.6 Å². The fraction of sp³-hybridized carbons (Fsp3) is 0.467. The number of likely N-dealkylation sites (tertiary alicyclic amines) is 1. The van der Waals surface area contributed by atoms with Crippen LogP contribution < -0.4 is 5.73 Å². The SMILES string of the molecule is Cc1[nH]c2ccccc2c1C1CC(N)CN(C)C1. The van der Waals surface area contributed by atoms with E-state index in [0.29, 0.717) is 12.0 Å². The number of H-pyrrole nitrogens is 1. The van der Waals surface area contributed by atoms with Crippen molar-refractivity contribution in [3.8, 4) is 0 Å². The van der Waals surface area contributed by atoms with Crippen molar-refractivity contribution in [3.05, 3.63) is 35.5 Å². The van der Waals surface area contributed by atoms with Crippen LogP contribution in [0.2, 0.25) is 0 Å². The Hall–Kier alpha value is -1.32. The highest BCUT2D eigenvalue weighted by atomic mass is 15.1. The molecule has 0 bridgehead atoms. The van der Waals surface area contributed by atoms with E-state index in [1.54, 1.807) is 0 Å². The van der Waals surface area contributed by atoms with Crippen molar-refractivity contribution >= 4 is 10.9 Å². The van der Waals surface area contributed by atoms with Gasteiger partial charge in [0.25, 0.3) is 0 Å². The number of likely N-dealkylation sites (N-methyl/N-ethyl adjacent to an activating group) is 1. The van der Waals surface area contributed by atoms with E-state index >= 15 is 0 Å². The summed E-state index contributed by atoms with van der Waals surface area (Å²) in [6, 6.07) is 8.86. The van der Waals surface area contributed by atoms with Gasteiger partial charge >= 0.3 is 0 Å². The summed E-state index contributed by atoms with van der Waals surface area (Å²) in [5, 5.41) is 1.36. The molecular weight excluding hydrogens is 222 g/mol. The van der Waals surface area contributed by atoms with Gasteiger partial charge in [-0.2, -0.15) is 0 Å². The number of aryl methyl sites for hydroxylation is 1. The number of para-hydroxylation sites is 1.